The van der Waals surface area contributed by atoms with Gasteiger partial charge < -0.3 is 4.90 Å². The summed E-state index contributed by atoms with van der Waals surface area (Å²) in [6.45, 7) is 0.0143. The van der Waals surface area contributed by atoms with E-state index in [1.165, 1.54) is 4.90 Å². The molecular weight excluding hydrogens is 242 g/mol. The maximum Gasteiger partial charge on any atom is 0.299 e. The van der Waals surface area contributed by atoms with Gasteiger partial charge in [-0.05, 0) is 12.1 Å². The van der Waals surface area contributed by atoms with Crippen LogP contribution in [-0.4, -0.2) is 38.7 Å². The van der Waals surface area contributed by atoms with Gasteiger partial charge in [0.1, 0.15) is 9.84 Å². The van der Waals surface area contributed by atoms with Crippen LogP contribution in [0.4, 0.5) is 5.69 Å². The molecule has 1 heterocycles. The van der Waals surface area contributed by atoms with Crippen molar-refractivity contribution in [3.8, 4) is 0 Å². The highest BCUT2D eigenvalue weighted by Crippen LogP contribution is 2.27. The molecule has 0 atom stereocenters. The number of fused-ring (bicyclic) bond motifs is 1. The number of para-hydroxylation sites is 1. The molecule has 0 saturated heterocycles. The van der Waals surface area contributed by atoms with E-state index >= 15 is 0 Å². The molecule has 1 aliphatic heterocycles. The molecule has 0 saturated carbocycles. The zero-order chi connectivity index (χ0) is 12.6. The lowest BCUT2D eigenvalue weighted by molar-refractivity contribution is -0.114. The van der Waals surface area contributed by atoms with E-state index in [-0.39, 0.29) is 12.3 Å². The Morgan fingerprint density at radius 3 is 2.47 bits per heavy atom. The Hall–Kier alpha value is -1.69. The van der Waals surface area contributed by atoms with Crippen molar-refractivity contribution < 1.29 is 18.0 Å². The van der Waals surface area contributed by atoms with E-state index in [4.69, 9.17) is 0 Å². The lowest BCUT2D eigenvalue weighted by Gasteiger charge is -2.15. The molecule has 90 valence electrons. The zero-order valence-corrected chi connectivity index (χ0v) is 10.0. The van der Waals surface area contributed by atoms with Crippen LogP contribution in [0.2, 0.25) is 0 Å². The van der Waals surface area contributed by atoms with E-state index < -0.39 is 21.5 Å². The topological polar surface area (TPSA) is 71.5 Å². The van der Waals surface area contributed by atoms with E-state index in [0.29, 0.717) is 11.3 Å². The number of Topliss-reactive ketones (excluding diaryl/α,β-unsaturated/α-hetero) is 1. The van der Waals surface area contributed by atoms with Gasteiger partial charge in [0.25, 0.3) is 11.7 Å². The maximum atomic E-state index is 11.7. The Labute approximate surface area is 99.0 Å². The first-order valence-corrected chi connectivity index (χ1v) is 7.09. The predicted octanol–water partition coefficient (Wildman–Crippen LogP) is 0.260. The third-order valence-electron chi connectivity index (χ3n) is 2.56. The molecule has 0 unspecified atom stereocenters. The van der Waals surface area contributed by atoms with Crippen molar-refractivity contribution in [3.05, 3.63) is 29.8 Å². The van der Waals surface area contributed by atoms with Gasteiger partial charge in [0.2, 0.25) is 0 Å². The van der Waals surface area contributed by atoms with Gasteiger partial charge in [-0.1, -0.05) is 12.1 Å². The van der Waals surface area contributed by atoms with Crippen molar-refractivity contribution in [1.29, 1.82) is 0 Å². The molecule has 0 spiro atoms. The number of ketones is 1. The van der Waals surface area contributed by atoms with Crippen LogP contribution < -0.4 is 4.90 Å². The molecule has 0 N–H and O–H groups in total. The van der Waals surface area contributed by atoms with Crippen molar-refractivity contribution in [2.24, 2.45) is 0 Å². The number of hydrogen-bond donors (Lipinski definition) is 0. The van der Waals surface area contributed by atoms with Crippen LogP contribution in [0.25, 0.3) is 0 Å². The SMILES string of the molecule is CS(=O)(=O)CCN1C(=O)C(=O)c2ccccc21. The molecule has 6 heteroatoms. The van der Waals surface area contributed by atoms with Crippen LogP contribution in [0.15, 0.2) is 24.3 Å². The quantitative estimate of drug-likeness (QED) is 0.724. The number of nitrogens with zero attached hydrogens (tertiary/aromatic N) is 1. The average molecular weight is 253 g/mol. The van der Waals surface area contributed by atoms with Gasteiger partial charge in [-0.3, -0.25) is 9.59 Å². The Morgan fingerprint density at radius 2 is 1.82 bits per heavy atom. The van der Waals surface area contributed by atoms with Gasteiger partial charge in [0.15, 0.2) is 0 Å². The van der Waals surface area contributed by atoms with E-state index in [9.17, 15) is 18.0 Å². The minimum absolute atomic E-state index is 0.0143. The first kappa shape index (κ1) is 11.8. The maximum absolute atomic E-state index is 11.7. The van der Waals surface area contributed by atoms with Gasteiger partial charge in [-0.15, -0.1) is 0 Å². The molecule has 1 aromatic carbocycles. The molecule has 1 aromatic rings. The van der Waals surface area contributed by atoms with Gasteiger partial charge >= 0.3 is 0 Å². The van der Waals surface area contributed by atoms with E-state index in [2.05, 4.69) is 0 Å². The molecule has 1 aliphatic rings. The number of carbonyl (C=O) groups is 2. The lowest BCUT2D eigenvalue weighted by Crippen LogP contribution is -2.33. The third-order valence-corrected chi connectivity index (χ3v) is 3.49. The lowest BCUT2D eigenvalue weighted by atomic mass is 10.1. The third kappa shape index (κ3) is 2.21. The summed E-state index contributed by atoms with van der Waals surface area (Å²) < 4.78 is 22.1. The number of anilines is 1. The van der Waals surface area contributed by atoms with Crippen LogP contribution in [0, 0.1) is 0 Å². The minimum atomic E-state index is -3.16. The van der Waals surface area contributed by atoms with Gasteiger partial charge in [0, 0.05) is 12.8 Å². The smallest absolute Gasteiger partial charge is 0.299 e. The highest BCUT2D eigenvalue weighted by Gasteiger charge is 2.35. The molecule has 0 aliphatic carbocycles. The van der Waals surface area contributed by atoms with Crippen LogP contribution in [-0.2, 0) is 14.6 Å². The van der Waals surface area contributed by atoms with E-state index in [1.807, 2.05) is 0 Å². The summed E-state index contributed by atoms with van der Waals surface area (Å²) in [5.41, 5.74) is 0.831. The number of sulfone groups is 1. The number of amides is 1. The average Bonchev–Trinajstić information content (AvgIpc) is 2.49. The largest absolute Gasteiger partial charge is 0.304 e. The molecule has 0 aromatic heterocycles. The zero-order valence-electron chi connectivity index (χ0n) is 9.21. The van der Waals surface area contributed by atoms with Crippen LogP contribution in [0.3, 0.4) is 0 Å². The second kappa shape index (κ2) is 3.96. The van der Waals surface area contributed by atoms with E-state index in [0.717, 1.165) is 6.26 Å². The highest BCUT2D eigenvalue weighted by atomic mass is 32.2. The number of carbonyl (C=O) groups excluding carboxylic acids is 2. The molecule has 0 fully saturated rings. The normalized spacial score (nSPS) is 15.2. The second-order valence-electron chi connectivity index (χ2n) is 3.93. The van der Waals surface area contributed by atoms with Crippen molar-refractivity contribution >= 4 is 27.2 Å². The van der Waals surface area contributed by atoms with Crippen molar-refractivity contribution in [2.75, 3.05) is 23.5 Å². The molecule has 2 rings (SSSR count). The summed E-state index contributed by atoms with van der Waals surface area (Å²) in [5, 5.41) is 0. The van der Waals surface area contributed by atoms with Crippen LogP contribution in [0.5, 0.6) is 0 Å². The molecule has 5 nitrogen and oxygen atoms in total. The first-order chi connectivity index (χ1) is 7.90. The fourth-order valence-electron chi connectivity index (χ4n) is 1.73. The standard InChI is InChI=1S/C11H11NO4S/c1-17(15,16)7-6-12-9-5-3-2-4-8(9)10(13)11(12)14/h2-5H,6-7H2,1H3. The Morgan fingerprint density at radius 1 is 1.18 bits per heavy atom. The predicted molar refractivity (Wildman–Crippen MR) is 62.8 cm³/mol. The summed E-state index contributed by atoms with van der Waals surface area (Å²) in [5.74, 6) is -1.38. The molecule has 0 bridgehead atoms. The summed E-state index contributed by atoms with van der Waals surface area (Å²) in [6.07, 6.45) is 1.10. The Balaban J connectivity index is 2.31. The number of hydrogen-bond acceptors (Lipinski definition) is 4. The first-order valence-electron chi connectivity index (χ1n) is 5.03. The second-order valence-corrected chi connectivity index (χ2v) is 6.19. The Kier molecular flexibility index (Phi) is 2.74. The van der Waals surface area contributed by atoms with Crippen molar-refractivity contribution in [3.63, 3.8) is 0 Å². The summed E-state index contributed by atoms with van der Waals surface area (Å²) in [4.78, 5) is 24.5. The molecule has 17 heavy (non-hydrogen) atoms. The molecule has 1 amide bonds. The number of rotatable bonds is 3. The monoisotopic (exact) mass is 253 g/mol. The van der Waals surface area contributed by atoms with Gasteiger partial charge in [-0.2, -0.15) is 0 Å². The Bertz CT molecular complexity index is 591. The van der Waals surface area contributed by atoms with Gasteiger partial charge in [-0.25, -0.2) is 8.42 Å². The van der Waals surface area contributed by atoms with E-state index in [1.54, 1.807) is 24.3 Å². The van der Waals surface area contributed by atoms with Gasteiger partial charge in [0.05, 0.1) is 17.0 Å². The summed E-state index contributed by atoms with van der Waals surface area (Å²) >= 11 is 0. The summed E-state index contributed by atoms with van der Waals surface area (Å²) in [6, 6.07) is 6.58. The van der Waals surface area contributed by atoms with Crippen LogP contribution >= 0.6 is 0 Å². The fraction of sp³-hybridized carbons (Fsp3) is 0.273. The van der Waals surface area contributed by atoms with Crippen molar-refractivity contribution in [2.45, 2.75) is 0 Å². The summed E-state index contributed by atoms with van der Waals surface area (Å²) in [7, 11) is -3.16. The fourth-order valence-corrected chi connectivity index (χ4v) is 2.24. The molecule has 0 radical (unpaired) electrons. The van der Waals surface area contributed by atoms with Crippen molar-refractivity contribution in [1.82, 2.24) is 0 Å². The van der Waals surface area contributed by atoms with Crippen LogP contribution in [0.1, 0.15) is 10.4 Å². The minimum Gasteiger partial charge on any atom is -0.304 e. The molecular formula is C11H11NO4S. The number of benzene rings is 1. The highest BCUT2D eigenvalue weighted by molar-refractivity contribution is 7.90.